The normalized spacial score (nSPS) is 12.4. The molecule has 3 N–H and O–H groups in total. The van der Waals surface area contributed by atoms with E-state index in [-0.39, 0.29) is 45.4 Å². The van der Waals surface area contributed by atoms with Gasteiger partial charge in [0.25, 0.3) is 17.1 Å². The summed E-state index contributed by atoms with van der Waals surface area (Å²) >= 11 is 0. The Balaban J connectivity index is 0.000000134. The van der Waals surface area contributed by atoms with E-state index in [9.17, 15) is 85.2 Å². The number of aliphatic hydroxyl groups is 3. The summed E-state index contributed by atoms with van der Waals surface area (Å²) < 4.78 is 145. The molecule has 18 rings (SSSR count). The molecule has 678 valence electrons. The summed E-state index contributed by atoms with van der Waals surface area (Å²) in [4.78, 5) is 32.6. The van der Waals surface area contributed by atoms with Crippen molar-refractivity contribution in [2.45, 2.75) is 83.8 Å². The van der Waals surface area contributed by atoms with Crippen molar-refractivity contribution < 1.29 is 83.8 Å². The number of aromatic nitrogens is 5. The third kappa shape index (κ3) is 20.2. The molecule has 20 nitrogen and oxygen atoms in total. The zero-order chi connectivity index (χ0) is 94.0. The van der Waals surface area contributed by atoms with Crippen LogP contribution in [0.5, 0.6) is 5.75 Å². The Morgan fingerprint density at radius 3 is 1.15 bits per heavy atom. The maximum atomic E-state index is 13.4. The Bertz CT molecular complexity index is 7010. The number of aliphatic hydroxyl groups excluding tert-OH is 3. The van der Waals surface area contributed by atoms with Gasteiger partial charge in [0.1, 0.15) is 11.9 Å². The summed E-state index contributed by atoms with van der Waals surface area (Å²) in [5, 5.41) is 68.1. The number of nitro benzene ring substituents is 3. The Hall–Kier alpha value is -14.5. The fraction of sp³-hybridized carbons (Fsp3) is 0.204. The van der Waals surface area contributed by atoms with Gasteiger partial charge < -0.3 is 52.4 Å². The van der Waals surface area contributed by atoms with Crippen molar-refractivity contribution in [3.8, 4) is 61.4 Å². The number of benzene rings is 12. The van der Waals surface area contributed by atoms with Gasteiger partial charge in [-0.05, 0) is 131 Å². The van der Waals surface area contributed by atoms with E-state index in [1.165, 1.54) is 43.2 Å². The number of nitro groups is 3. The van der Waals surface area contributed by atoms with Gasteiger partial charge >= 0.3 is 18.5 Å². The Kier molecular flexibility index (Phi) is 28.6. The molecule has 0 saturated heterocycles. The van der Waals surface area contributed by atoms with Crippen LogP contribution in [-0.4, -0.2) is 73.2 Å². The van der Waals surface area contributed by atoms with E-state index < -0.39 is 52.9 Å². The fourth-order valence-corrected chi connectivity index (χ4v) is 16.8. The SMILES string of the molecule is CCCOCc1c(-c2ccccc2)c2cc([N+](=O)[O-])ccc2n1C.COc1ccccc1C(O)c1c(-c2ccccc2)c2cc([N+](=O)[O-])ccc2n1C.Cn1c(CO)c(-c2ccccc2)c2cc(C(F)(F)F)ccc21.Cn1c(COCC2CC2)c(-c2ccccc2)c2cc([N+](=O)[O-])ccc21.OCc1c(-c2ccccc2)c2cc(C(F)(F)F)ccc2n1Cc1cccc(C(F)(F)F)c1. The standard InChI is InChI=1S/C24H17F6NO.C23H20N2O4.C20H20N2O3.C19H20N2O3.C17H14F3NO/c25-23(26,27)17-8-4-5-15(11-17)13-31-20-10-9-18(24(28,29)30)12-19(20)22(21(31)14-32)16-6-2-1-3-7-16;1-24-19-13-12-16(25(27)28)14-18(19)21(15-8-4-3-5-9-15)22(24)23(26)17-10-6-7-11-20(17)29-2;1-21-18-10-9-16(22(23)24)11-17(18)20(15-5-3-2-4-6-15)19(21)13-25-12-14-7-8-14;1-3-11-24-13-18-19(14-7-5-4-6-8-14)16-12-15(21(22)23)9-10-17(16)20(18)2;1-21-14-8-7-12(17(18,19)20)9-13(14)16(15(21)10-22)11-5-3-2-4-6-11/h1-12,32H,13-14H2;3-14,23,26H,1-2H3;2-6,9-11,14H,7-8,12-13H2,1H3;4-10,12H,3,11,13H2,1-2H3;2-9,22H,10H2,1H3. The Labute approximate surface area is 751 Å². The molecule has 1 unspecified atom stereocenters. The molecule has 1 saturated carbocycles. The van der Waals surface area contributed by atoms with E-state index in [1.807, 2.05) is 177 Å². The number of ether oxygens (including phenoxy) is 3. The summed E-state index contributed by atoms with van der Waals surface area (Å²) in [6.45, 7) is 3.76. The molecule has 17 aromatic rings. The summed E-state index contributed by atoms with van der Waals surface area (Å²) in [6, 6.07) is 81.1. The molecule has 0 spiro atoms. The Morgan fingerprint density at radius 2 is 0.742 bits per heavy atom. The van der Waals surface area contributed by atoms with E-state index in [4.69, 9.17) is 14.2 Å². The van der Waals surface area contributed by atoms with Crippen LogP contribution >= 0.6 is 0 Å². The molecule has 1 aliphatic carbocycles. The predicted octanol–water partition coefficient (Wildman–Crippen LogP) is 25.4. The summed E-state index contributed by atoms with van der Waals surface area (Å²) in [5.41, 5.74) is 14.5. The van der Waals surface area contributed by atoms with Gasteiger partial charge in [-0.2, -0.15) is 39.5 Å². The molecule has 1 aliphatic rings. The van der Waals surface area contributed by atoms with E-state index >= 15 is 0 Å². The van der Waals surface area contributed by atoms with E-state index in [0.717, 1.165) is 132 Å². The first-order valence-electron chi connectivity index (χ1n) is 42.1. The third-order valence-electron chi connectivity index (χ3n) is 23.4. The fourth-order valence-electron chi connectivity index (χ4n) is 16.8. The largest absolute Gasteiger partial charge is 0.496 e. The number of non-ortho nitro benzene ring substituents is 3. The monoisotopic (exact) mass is 1800 g/mol. The van der Waals surface area contributed by atoms with Crippen LogP contribution in [0.15, 0.2) is 291 Å². The number of para-hydroxylation sites is 1. The minimum absolute atomic E-state index is 0.0126. The molecule has 0 radical (unpaired) electrons. The lowest BCUT2D eigenvalue weighted by atomic mass is 9.96. The quantitative estimate of drug-likeness (QED) is 0.0234. The molecule has 1 fully saturated rings. The second-order valence-electron chi connectivity index (χ2n) is 31.7. The zero-order valence-electron chi connectivity index (χ0n) is 72.4. The number of rotatable bonds is 23. The lowest BCUT2D eigenvalue weighted by Gasteiger charge is -2.18. The van der Waals surface area contributed by atoms with E-state index in [0.29, 0.717) is 92.8 Å². The molecule has 12 aromatic carbocycles. The van der Waals surface area contributed by atoms with Crippen LogP contribution in [0.1, 0.15) is 88.6 Å². The van der Waals surface area contributed by atoms with Crippen LogP contribution in [0.3, 0.4) is 0 Å². The number of aryl methyl sites for hydroxylation is 4. The van der Waals surface area contributed by atoms with Crippen molar-refractivity contribution >= 4 is 71.6 Å². The van der Waals surface area contributed by atoms with Gasteiger partial charge in [0.15, 0.2) is 0 Å². The second-order valence-corrected chi connectivity index (χ2v) is 31.7. The van der Waals surface area contributed by atoms with Gasteiger partial charge in [0.05, 0.1) is 93.5 Å². The van der Waals surface area contributed by atoms with E-state index in [2.05, 4.69) is 16.1 Å². The van der Waals surface area contributed by atoms with Crippen LogP contribution in [0.2, 0.25) is 0 Å². The number of methoxy groups -OCH3 is 1. The minimum Gasteiger partial charge on any atom is -0.496 e. The predicted molar refractivity (Wildman–Crippen MR) is 493 cm³/mol. The van der Waals surface area contributed by atoms with Gasteiger partial charge in [-0.25, -0.2) is 0 Å². The van der Waals surface area contributed by atoms with Crippen molar-refractivity contribution in [1.29, 1.82) is 0 Å². The van der Waals surface area contributed by atoms with Crippen LogP contribution in [0.25, 0.3) is 110 Å². The molecule has 29 heteroatoms. The first-order chi connectivity index (χ1) is 63.3. The smallest absolute Gasteiger partial charge is 0.416 e. The number of alkyl halides is 9. The number of halogens is 9. The molecular formula is C103H91F9N8O12. The van der Waals surface area contributed by atoms with E-state index in [1.54, 1.807) is 96.1 Å². The summed E-state index contributed by atoms with van der Waals surface area (Å²) in [7, 11) is 9.14. The van der Waals surface area contributed by atoms with Crippen LogP contribution in [-0.2, 0) is 89.2 Å². The maximum absolute atomic E-state index is 13.4. The molecule has 0 aliphatic heterocycles. The van der Waals surface area contributed by atoms with Crippen molar-refractivity contribution in [3.63, 3.8) is 0 Å². The lowest BCUT2D eigenvalue weighted by molar-refractivity contribution is -0.384. The average Bonchev–Trinajstić information content (AvgIpc) is 1.70. The van der Waals surface area contributed by atoms with Crippen LogP contribution in [0.4, 0.5) is 56.6 Å². The molecule has 5 aromatic heterocycles. The number of hydrogen-bond donors (Lipinski definition) is 3. The minimum atomic E-state index is -4.56. The molecule has 5 heterocycles. The second kappa shape index (κ2) is 40.3. The number of fused-ring (bicyclic) bond motifs is 5. The molecule has 0 amide bonds. The molecule has 132 heavy (non-hydrogen) atoms. The molecule has 0 bridgehead atoms. The third-order valence-corrected chi connectivity index (χ3v) is 23.4. The molecule has 1 atom stereocenters. The van der Waals surface area contributed by atoms with Crippen LogP contribution < -0.4 is 4.74 Å². The maximum Gasteiger partial charge on any atom is 0.416 e. The number of nitrogens with zero attached hydrogens (tertiary/aromatic N) is 8. The highest BCUT2D eigenvalue weighted by atomic mass is 19.4. The highest BCUT2D eigenvalue weighted by molar-refractivity contribution is 6.03. The first kappa shape index (κ1) is 93.7. The van der Waals surface area contributed by atoms with Crippen LogP contribution in [0, 0.1) is 36.3 Å². The highest BCUT2D eigenvalue weighted by Crippen LogP contribution is 2.47. The highest BCUT2D eigenvalue weighted by Gasteiger charge is 2.36. The molecular weight excluding hydrogens is 1710 g/mol. The summed E-state index contributed by atoms with van der Waals surface area (Å²) in [5.74, 6) is 1.28. The Morgan fingerprint density at radius 1 is 0.394 bits per heavy atom. The van der Waals surface area contributed by atoms with Crippen molar-refractivity contribution in [1.82, 2.24) is 22.8 Å². The van der Waals surface area contributed by atoms with Gasteiger partial charge in [0.2, 0.25) is 0 Å². The van der Waals surface area contributed by atoms with Gasteiger partial charge in [0, 0.05) is 172 Å². The number of hydrogen-bond acceptors (Lipinski definition) is 12. The first-order valence-corrected chi connectivity index (χ1v) is 42.1. The van der Waals surface area contributed by atoms with Crippen molar-refractivity contribution in [3.05, 3.63) is 378 Å². The van der Waals surface area contributed by atoms with Gasteiger partial charge in [-0.3, -0.25) is 30.3 Å². The summed E-state index contributed by atoms with van der Waals surface area (Å²) in [6.07, 6.45) is -11.0. The van der Waals surface area contributed by atoms with Crippen molar-refractivity contribution in [2.75, 3.05) is 20.3 Å². The van der Waals surface area contributed by atoms with Gasteiger partial charge in [-0.1, -0.05) is 189 Å². The zero-order valence-corrected chi connectivity index (χ0v) is 72.4. The lowest BCUT2D eigenvalue weighted by Crippen LogP contribution is -2.09. The van der Waals surface area contributed by atoms with Gasteiger partial charge in [-0.15, -0.1) is 0 Å². The van der Waals surface area contributed by atoms with Crippen molar-refractivity contribution in [2.24, 2.45) is 34.1 Å². The topological polar surface area (TPSA) is 242 Å². The average molecular weight is 1800 g/mol.